The van der Waals surface area contributed by atoms with Crippen molar-refractivity contribution in [1.29, 1.82) is 0 Å². The molecule has 0 amide bonds. The summed E-state index contributed by atoms with van der Waals surface area (Å²) >= 11 is 0. The standard InChI is InChI=1S/C26H34N2O3/c1-16-5-4-9-26(2)13-24-20(12-22(16)26)21(25(29)31-24)15-27-10-8-17-14-28-23-7-6-18(30-3)11-19(17)23/h6-7,11,14,20-22,24,27-28H,1,4-5,8-10,12-13,15H2,2-3H3/t20-,21-,22+,24+,26-/m0/s1. The van der Waals surface area contributed by atoms with Crippen LogP contribution in [-0.2, 0) is 16.0 Å². The van der Waals surface area contributed by atoms with Crippen molar-refractivity contribution in [3.05, 3.63) is 42.1 Å². The van der Waals surface area contributed by atoms with Crippen LogP contribution in [0.25, 0.3) is 10.9 Å². The molecule has 2 aromatic rings. The van der Waals surface area contributed by atoms with Crippen molar-refractivity contribution in [3.8, 4) is 5.75 Å². The molecular formula is C26H34N2O3. The van der Waals surface area contributed by atoms with Gasteiger partial charge in [-0.1, -0.05) is 19.1 Å². The molecular weight excluding hydrogens is 388 g/mol. The quantitative estimate of drug-likeness (QED) is 0.405. The van der Waals surface area contributed by atoms with Gasteiger partial charge in [-0.2, -0.15) is 0 Å². The first kappa shape index (κ1) is 20.6. The highest BCUT2D eigenvalue weighted by Crippen LogP contribution is 2.56. The highest BCUT2D eigenvalue weighted by atomic mass is 16.6. The summed E-state index contributed by atoms with van der Waals surface area (Å²) in [4.78, 5) is 16.0. The zero-order valence-electron chi connectivity index (χ0n) is 18.7. The first-order valence-electron chi connectivity index (χ1n) is 11.7. The first-order chi connectivity index (χ1) is 15.0. The number of benzene rings is 1. The highest BCUT2D eigenvalue weighted by Gasteiger charge is 2.54. The molecule has 166 valence electrons. The Labute approximate surface area is 184 Å². The number of nitrogens with one attached hydrogen (secondary N) is 2. The van der Waals surface area contributed by atoms with Gasteiger partial charge in [-0.05, 0) is 80.2 Å². The number of hydrogen-bond donors (Lipinski definition) is 2. The summed E-state index contributed by atoms with van der Waals surface area (Å²) in [5.41, 5.74) is 4.04. The number of methoxy groups -OCH3 is 1. The van der Waals surface area contributed by atoms with E-state index in [0.29, 0.717) is 18.4 Å². The molecule has 0 unspecified atom stereocenters. The van der Waals surface area contributed by atoms with Gasteiger partial charge in [0.2, 0.25) is 0 Å². The number of ether oxygens (including phenoxy) is 2. The number of allylic oxidation sites excluding steroid dienone is 1. The van der Waals surface area contributed by atoms with Crippen molar-refractivity contribution in [1.82, 2.24) is 10.3 Å². The second-order valence-electron chi connectivity index (χ2n) is 10.1. The molecule has 5 nitrogen and oxygen atoms in total. The Balaban J connectivity index is 1.20. The Morgan fingerprint density at radius 2 is 2.26 bits per heavy atom. The number of esters is 1. The Morgan fingerprint density at radius 1 is 1.39 bits per heavy atom. The summed E-state index contributed by atoms with van der Waals surface area (Å²) in [7, 11) is 1.69. The number of hydrogen-bond acceptors (Lipinski definition) is 4. The summed E-state index contributed by atoms with van der Waals surface area (Å²) in [5.74, 6) is 1.69. The average Bonchev–Trinajstić information content (AvgIpc) is 3.29. The van der Waals surface area contributed by atoms with Crippen LogP contribution in [0.1, 0.15) is 44.6 Å². The third kappa shape index (κ3) is 3.67. The van der Waals surface area contributed by atoms with Gasteiger partial charge in [-0.25, -0.2) is 0 Å². The lowest BCUT2D eigenvalue weighted by atomic mass is 9.55. The van der Waals surface area contributed by atoms with E-state index in [1.165, 1.54) is 29.4 Å². The van der Waals surface area contributed by atoms with Crippen LogP contribution in [0.2, 0.25) is 0 Å². The molecule has 5 rings (SSSR count). The fourth-order valence-corrected chi connectivity index (χ4v) is 6.46. The second kappa shape index (κ2) is 8.01. The van der Waals surface area contributed by atoms with Crippen LogP contribution in [-0.4, -0.2) is 37.3 Å². The summed E-state index contributed by atoms with van der Waals surface area (Å²) in [6.07, 6.45) is 8.72. The van der Waals surface area contributed by atoms with Gasteiger partial charge >= 0.3 is 5.97 Å². The predicted molar refractivity (Wildman–Crippen MR) is 122 cm³/mol. The van der Waals surface area contributed by atoms with Crippen LogP contribution < -0.4 is 10.1 Å². The van der Waals surface area contributed by atoms with E-state index in [0.717, 1.165) is 43.5 Å². The number of rotatable bonds is 6. The molecule has 31 heavy (non-hydrogen) atoms. The molecule has 1 saturated heterocycles. The normalized spacial score (nSPS) is 32.6. The van der Waals surface area contributed by atoms with Crippen molar-refractivity contribution in [2.24, 2.45) is 23.2 Å². The second-order valence-corrected chi connectivity index (χ2v) is 10.1. The Kier molecular flexibility index (Phi) is 5.33. The Hall–Kier alpha value is -2.27. The number of fused-ring (bicyclic) bond motifs is 3. The van der Waals surface area contributed by atoms with Crippen molar-refractivity contribution < 1.29 is 14.3 Å². The van der Waals surface area contributed by atoms with E-state index in [1.807, 2.05) is 6.07 Å². The van der Waals surface area contributed by atoms with Crippen LogP contribution in [0.5, 0.6) is 5.75 Å². The van der Waals surface area contributed by atoms with Gasteiger partial charge in [0.1, 0.15) is 11.9 Å². The Morgan fingerprint density at radius 3 is 3.10 bits per heavy atom. The van der Waals surface area contributed by atoms with Crippen molar-refractivity contribution in [2.75, 3.05) is 20.2 Å². The molecule has 0 radical (unpaired) electrons. The topological polar surface area (TPSA) is 63.3 Å². The van der Waals surface area contributed by atoms with E-state index in [2.05, 4.69) is 42.1 Å². The first-order valence-corrected chi connectivity index (χ1v) is 11.7. The van der Waals surface area contributed by atoms with Crippen molar-refractivity contribution >= 4 is 16.9 Å². The SMILES string of the molecule is C=C1CCC[C@@]2(C)C[C@H]3OC(=O)[C@@H](CNCCc4c[nH]c5ccc(OC)cc45)[C@@H]3C[C@H]12. The van der Waals surface area contributed by atoms with Crippen LogP contribution >= 0.6 is 0 Å². The molecule has 1 aromatic heterocycles. The maximum absolute atomic E-state index is 12.7. The van der Waals surface area contributed by atoms with E-state index < -0.39 is 0 Å². The molecule has 1 aliphatic heterocycles. The fourth-order valence-electron chi connectivity index (χ4n) is 6.46. The molecule has 2 saturated carbocycles. The lowest BCUT2D eigenvalue weighted by molar-refractivity contribution is -0.146. The van der Waals surface area contributed by atoms with Crippen LogP contribution in [0, 0.1) is 23.2 Å². The van der Waals surface area contributed by atoms with Gasteiger partial charge in [0.05, 0.1) is 13.0 Å². The third-order valence-electron chi connectivity index (χ3n) is 8.23. The minimum atomic E-state index is -0.0349. The van der Waals surface area contributed by atoms with Crippen LogP contribution in [0.3, 0.4) is 0 Å². The zero-order chi connectivity index (χ0) is 21.6. The predicted octanol–water partition coefficient (Wildman–Crippen LogP) is 4.62. The minimum absolute atomic E-state index is 0.00723. The molecule has 0 bridgehead atoms. The van der Waals surface area contributed by atoms with Gasteiger partial charge in [0, 0.05) is 29.6 Å². The van der Waals surface area contributed by atoms with Crippen molar-refractivity contribution in [3.63, 3.8) is 0 Å². The molecule has 1 aromatic carbocycles. The van der Waals surface area contributed by atoms with Gasteiger partial charge in [0.15, 0.2) is 0 Å². The fraction of sp³-hybridized carbons (Fsp3) is 0.577. The summed E-state index contributed by atoms with van der Waals surface area (Å²) < 4.78 is 11.3. The van der Waals surface area contributed by atoms with E-state index in [-0.39, 0.29) is 23.4 Å². The van der Waals surface area contributed by atoms with E-state index >= 15 is 0 Å². The number of carbonyl (C=O) groups excluding carboxylic acids is 1. The summed E-state index contributed by atoms with van der Waals surface area (Å²) in [5, 5.41) is 4.74. The molecule has 2 N–H and O–H groups in total. The number of aromatic nitrogens is 1. The van der Waals surface area contributed by atoms with Gasteiger partial charge in [-0.15, -0.1) is 0 Å². The van der Waals surface area contributed by atoms with Gasteiger partial charge in [-0.3, -0.25) is 4.79 Å². The molecule has 2 heterocycles. The lowest BCUT2D eigenvalue weighted by Gasteiger charge is -2.50. The van der Waals surface area contributed by atoms with Gasteiger partial charge in [0.25, 0.3) is 0 Å². The molecule has 3 fully saturated rings. The molecule has 3 aliphatic rings. The van der Waals surface area contributed by atoms with E-state index in [4.69, 9.17) is 9.47 Å². The lowest BCUT2D eigenvalue weighted by Crippen LogP contribution is -2.45. The molecule has 0 spiro atoms. The molecule has 5 atom stereocenters. The summed E-state index contributed by atoms with van der Waals surface area (Å²) in [6, 6.07) is 6.10. The van der Waals surface area contributed by atoms with Crippen LogP contribution in [0.4, 0.5) is 0 Å². The number of carbonyl (C=O) groups is 1. The molecule has 5 heteroatoms. The molecule has 2 aliphatic carbocycles. The number of aromatic amines is 1. The monoisotopic (exact) mass is 422 g/mol. The third-order valence-corrected chi connectivity index (χ3v) is 8.23. The maximum atomic E-state index is 12.7. The maximum Gasteiger partial charge on any atom is 0.310 e. The zero-order valence-corrected chi connectivity index (χ0v) is 18.7. The summed E-state index contributed by atoms with van der Waals surface area (Å²) in [6.45, 7) is 8.30. The van der Waals surface area contributed by atoms with Crippen LogP contribution in [0.15, 0.2) is 36.5 Å². The number of H-pyrrole nitrogens is 1. The average molecular weight is 423 g/mol. The smallest absolute Gasteiger partial charge is 0.310 e. The van der Waals surface area contributed by atoms with E-state index in [9.17, 15) is 4.79 Å². The Bertz CT molecular complexity index is 996. The highest BCUT2D eigenvalue weighted by molar-refractivity contribution is 5.84. The minimum Gasteiger partial charge on any atom is -0.497 e. The largest absolute Gasteiger partial charge is 0.497 e. The van der Waals surface area contributed by atoms with Crippen molar-refractivity contribution in [2.45, 2.75) is 51.6 Å². The van der Waals surface area contributed by atoms with Gasteiger partial charge < -0.3 is 19.8 Å². The van der Waals surface area contributed by atoms with E-state index in [1.54, 1.807) is 7.11 Å².